The van der Waals surface area contributed by atoms with Crippen molar-refractivity contribution in [2.45, 2.75) is 57.3 Å². The highest BCUT2D eigenvalue weighted by Gasteiger charge is 2.28. The Balaban J connectivity index is 1.66. The quantitative estimate of drug-likeness (QED) is 0.755. The second-order valence-electron chi connectivity index (χ2n) is 5.61. The maximum absolute atomic E-state index is 5.85. The van der Waals surface area contributed by atoms with Crippen LogP contribution in [-0.4, -0.2) is 56.0 Å². The molecule has 4 heteroatoms. The zero-order valence-electron chi connectivity index (χ0n) is 11.6. The number of hydrogen-bond donors (Lipinski definition) is 1. The lowest BCUT2D eigenvalue weighted by Gasteiger charge is -2.40. The van der Waals surface area contributed by atoms with Gasteiger partial charge >= 0.3 is 0 Å². The van der Waals surface area contributed by atoms with Gasteiger partial charge in [0, 0.05) is 32.3 Å². The summed E-state index contributed by atoms with van der Waals surface area (Å²) >= 11 is 0. The van der Waals surface area contributed by atoms with Crippen LogP contribution in [0.25, 0.3) is 0 Å². The van der Waals surface area contributed by atoms with Gasteiger partial charge < -0.3 is 20.1 Å². The number of likely N-dealkylation sites (tertiary alicyclic amines) is 1. The third-order valence-electron chi connectivity index (χ3n) is 4.15. The van der Waals surface area contributed by atoms with Gasteiger partial charge in [-0.3, -0.25) is 0 Å². The molecule has 0 aromatic carbocycles. The largest absolute Gasteiger partial charge is 0.378 e. The van der Waals surface area contributed by atoms with Gasteiger partial charge in [0.2, 0.25) is 0 Å². The molecule has 2 unspecified atom stereocenters. The van der Waals surface area contributed by atoms with E-state index in [4.69, 9.17) is 15.2 Å². The second-order valence-corrected chi connectivity index (χ2v) is 5.61. The van der Waals surface area contributed by atoms with E-state index in [-0.39, 0.29) is 0 Å². The first-order chi connectivity index (χ1) is 8.79. The molecule has 2 N–H and O–H groups in total. The number of nitrogens with two attached hydrogens (primary N) is 1. The zero-order chi connectivity index (χ0) is 12.8. The molecular weight excluding hydrogens is 228 g/mol. The van der Waals surface area contributed by atoms with Crippen molar-refractivity contribution in [1.82, 2.24) is 4.90 Å². The molecule has 2 saturated heterocycles. The highest BCUT2D eigenvalue weighted by Crippen LogP contribution is 2.23. The Labute approximate surface area is 111 Å². The molecule has 0 amide bonds. The maximum atomic E-state index is 5.85. The molecule has 0 radical (unpaired) electrons. The lowest BCUT2D eigenvalue weighted by molar-refractivity contribution is -0.0437. The van der Waals surface area contributed by atoms with Crippen LogP contribution in [0.1, 0.15) is 39.0 Å². The summed E-state index contributed by atoms with van der Waals surface area (Å²) in [6.45, 7) is 7.05. The molecule has 2 rings (SSSR count). The Kier molecular flexibility index (Phi) is 5.89. The van der Waals surface area contributed by atoms with E-state index >= 15 is 0 Å². The van der Waals surface area contributed by atoms with E-state index < -0.39 is 0 Å². The number of ether oxygens (including phenoxy) is 2. The predicted octanol–water partition coefficient (Wildman–Crippen LogP) is 1.38. The number of rotatable bonds is 5. The molecule has 4 nitrogen and oxygen atoms in total. The molecule has 0 spiro atoms. The van der Waals surface area contributed by atoms with E-state index in [2.05, 4.69) is 11.8 Å². The lowest BCUT2D eigenvalue weighted by atomic mass is 9.98. The van der Waals surface area contributed by atoms with Gasteiger partial charge in [0.15, 0.2) is 0 Å². The molecule has 0 bridgehead atoms. The summed E-state index contributed by atoms with van der Waals surface area (Å²) < 4.78 is 11.5. The van der Waals surface area contributed by atoms with Crippen LogP contribution in [0.5, 0.6) is 0 Å². The molecule has 2 heterocycles. The molecule has 2 aliphatic heterocycles. The lowest BCUT2D eigenvalue weighted by Crippen LogP contribution is -2.47. The minimum Gasteiger partial charge on any atom is -0.378 e. The molecular formula is C14H28N2O2. The Morgan fingerprint density at radius 3 is 2.72 bits per heavy atom. The molecule has 2 atom stereocenters. The maximum Gasteiger partial charge on any atom is 0.0599 e. The van der Waals surface area contributed by atoms with Gasteiger partial charge in [-0.1, -0.05) is 0 Å². The topological polar surface area (TPSA) is 47.7 Å². The average Bonchev–Trinajstić information content (AvgIpc) is 2.40. The fraction of sp³-hybridized carbons (Fsp3) is 1.00. The van der Waals surface area contributed by atoms with Crippen LogP contribution in [0.2, 0.25) is 0 Å². The minimum absolute atomic E-state index is 0.433. The summed E-state index contributed by atoms with van der Waals surface area (Å²) in [7, 11) is 0. The van der Waals surface area contributed by atoms with Crippen LogP contribution in [0, 0.1) is 0 Å². The van der Waals surface area contributed by atoms with Gasteiger partial charge in [-0.15, -0.1) is 0 Å². The predicted molar refractivity (Wildman–Crippen MR) is 72.7 cm³/mol. The molecule has 0 aromatic heterocycles. The van der Waals surface area contributed by atoms with Crippen LogP contribution < -0.4 is 5.73 Å². The average molecular weight is 256 g/mol. The smallest absolute Gasteiger partial charge is 0.0599 e. The van der Waals surface area contributed by atoms with Gasteiger partial charge in [-0.25, -0.2) is 0 Å². The third kappa shape index (κ3) is 4.19. The van der Waals surface area contributed by atoms with Gasteiger partial charge in [-0.2, -0.15) is 0 Å². The van der Waals surface area contributed by atoms with E-state index in [1.807, 2.05) is 0 Å². The molecule has 106 valence electrons. The third-order valence-corrected chi connectivity index (χ3v) is 4.15. The van der Waals surface area contributed by atoms with E-state index in [0.717, 1.165) is 32.2 Å². The first-order valence-corrected chi connectivity index (χ1v) is 7.47. The highest BCUT2D eigenvalue weighted by atomic mass is 16.5. The monoisotopic (exact) mass is 256 g/mol. The molecule has 2 aliphatic rings. The van der Waals surface area contributed by atoms with Gasteiger partial charge in [0.05, 0.1) is 12.2 Å². The van der Waals surface area contributed by atoms with E-state index in [0.29, 0.717) is 12.2 Å². The molecule has 0 aromatic rings. The van der Waals surface area contributed by atoms with Gasteiger partial charge in [-0.05, 0) is 45.6 Å². The van der Waals surface area contributed by atoms with Crippen molar-refractivity contribution >= 4 is 0 Å². The zero-order valence-corrected chi connectivity index (χ0v) is 11.6. The molecule has 0 saturated carbocycles. The summed E-state index contributed by atoms with van der Waals surface area (Å²) in [6, 6.07) is 0.735. The van der Waals surface area contributed by atoms with Crippen molar-refractivity contribution in [3.05, 3.63) is 0 Å². The van der Waals surface area contributed by atoms with Crippen molar-refractivity contribution < 1.29 is 9.47 Å². The van der Waals surface area contributed by atoms with E-state index in [1.165, 1.54) is 38.8 Å². The van der Waals surface area contributed by atoms with Gasteiger partial charge in [0.25, 0.3) is 0 Å². The normalized spacial score (nSPS) is 31.7. The summed E-state index contributed by atoms with van der Waals surface area (Å²) in [4.78, 5) is 2.64. The van der Waals surface area contributed by atoms with Crippen molar-refractivity contribution in [2.75, 3.05) is 32.8 Å². The van der Waals surface area contributed by atoms with Crippen molar-refractivity contribution in [3.63, 3.8) is 0 Å². The highest BCUT2D eigenvalue weighted by molar-refractivity contribution is 4.82. The fourth-order valence-corrected chi connectivity index (χ4v) is 3.05. The van der Waals surface area contributed by atoms with E-state index in [1.54, 1.807) is 0 Å². The van der Waals surface area contributed by atoms with Crippen LogP contribution in [0.15, 0.2) is 0 Å². The number of nitrogens with zero attached hydrogens (tertiary/aromatic N) is 1. The van der Waals surface area contributed by atoms with Crippen LogP contribution in [0.4, 0.5) is 0 Å². The summed E-state index contributed by atoms with van der Waals surface area (Å²) in [5.74, 6) is 0. The standard InChI is InChI=1S/C14H28N2O2/c1-12-11-13(5-10-17-12)16-7-3-14(4-8-16)18-9-2-6-15/h12-14H,2-11,15H2,1H3. The Bertz CT molecular complexity index is 230. The first-order valence-electron chi connectivity index (χ1n) is 7.47. The second kappa shape index (κ2) is 7.43. The van der Waals surface area contributed by atoms with Crippen LogP contribution >= 0.6 is 0 Å². The van der Waals surface area contributed by atoms with Crippen LogP contribution in [0.3, 0.4) is 0 Å². The summed E-state index contributed by atoms with van der Waals surface area (Å²) in [5, 5.41) is 0. The fourth-order valence-electron chi connectivity index (χ4n) is 3.05. The summed E-state index contributed by atoms with van der Waals surface area (Å²) in [6.07, 6.45) is 6.62. The van der Waals surface area contributed by atoms with Crippen molar-refractivity contribution in [3.8, 4) is 0 Å². The Hall–Kier alpha value is -0.160. The molecule has 18 heavy (non-hydrogen) atoms. The number of piperidine rings is 1. The van der Waals surface area contributed by atoms with Crippen LogP contribution in [-0.2, 0) is 9.47 Å². The number of hydrogen-bond acceptors (Lipinski definition) is 4. The Morgan fingerprint density at radius 1 is 1.28 bits per heavy atom. The van der Waals surface area contributed by atoms with Gasteiger partial charge in [0.1, 0.15) is 0 Å². The SMILES string of the molecule is CC1CC(N2CCC(OCCCN)CC2)CCO1. The Morgan fingerprint density at radius 2 is 2.06 bits per heavy atom. The van der Waals surface area contributed by atoms with E-state index in [9.17, 15) is 0 Å². The van der Waals surface area contributed by atoms with Crippen molar-refractivity contribution in [1.29, 1.82) is 0 Å². The summed E-state index contributed by atoms with van der Waals surface area (Å²) in [5.41, 5.74) is 5.48. The first kappa shape index (κ1) is 14.3. The van der Waals surface area contributed by atoms with Crippen molar-refractivity contribution in [2.24, 2.45) is 5.73 Å². The molecule has 0 aliphatic carbocycles. The molecule has 2 fully saturated rings. The minimum atomic E-state index is 0.433.